The van der Waals surface area contributed by atoms with Gasteiger partial charge in [0, 0.05) is 0 Å². The Morgan fingerprint density at radius 3 is 1.64 bits per heavy atom. The smallest absolute Gasteiger partial charge is 0.323 e. The zero-order valence-corrected chi connectivity index (χ0v) is 11.8. The molecule has 2 aliphatic rings. The van der Waals surface area contributed by atoms with Crippen molar-refractivity contribution in [2.24, 2.45) is 22.7 Å². The Kier molecular flexibility index (Phi) is 3.88. The fourth-order valence-corrected chi connectivity index (χ4v) is 4.57. The lowest BCUT2D eigenvalue weighted by molar-refractivity contribution is -0.195. The van der Waals surface area contributed by atoms with Crippen LogP contribution in [0.3, 0.4) is 0 Å². The highest BCUT2D eigenvalue weighted by Crippen LogP contribution is 2.63. The Labute approximate surface area is 125 Å². The molecule has 0 aliphatic heterocycles. The van der Waals surface area contributed by atoms with E-state index in [1.165, 1.54) is 0 Å². The van der Waals surface area contributed by atoms with E-state index in [2.05, 4.69) is 0 Å². The van der Waals surface area contributed by atoms with Gasteiger partial charge in [0.1, 0.15) is 0 Å². The van der Waals surface area contributed by atoms with Crippen LogP contribution < -0.4 is 0 Å². The van der Waals surface area contributed by atoms with E-state index in [-0.39, 0.29) is 12.8 Å². The highest BCUT2D eigenvalue weighted by Gasteiger charge is 2.77. The Bertz CT molecular complexity index is 519. The lowest BCUT2D eigenvalue weighted by Crippen LogP contribution is -2.60. The summed E-state index contributed by atoms with van der Waals surface area (Å²) in [5.41, 5.74) is -4.91. The third-order valence-corrected chi connectivity index (χ3v) is 5.46. The van der Waals surface area contributed by atoms with Gasteiger partial charge >= 0.3 is 23.9 Å². The molecule has 0 amide bonds. The first-order valence-electron chi connectivity index (χ1n) is 7.16. The van der Waals surface area contributed by atoms with Crippen LogP contribution in [0.5, 0.6) is 0 Å². The first-order chi connectivity index (χ1) is 10.2. The number of hydrogen-bond acceptors (Lipinski definition) is 4. The van der Waals surface area contributed by atoms with Crippen LogP contribution in [-0.4, -0.2) is 44.3 Å². The predicted molar refractivity (Wildman–Crippen MR) is 70.1 cm³/mol. The average molecular weight is 314 g/mol. The largest absolute Gasteiger partial charge is 0.481 e. The highest BCUT2D eigenvalue weighted by molar-refractivity contribution is 6.08. The maximum absolute atomic E-state index is 12.0. The van der Waals surface area contributed by atoms with E-state index < -0.39 is 46.5 Å². The Hall–Kier alpha value is -2.12. The van der Waals surface area contributed by atoms with Crippen LogP contribution in [0.4, 0.5) is 0 Å². The van der Waals surface area contributed by atoms with Gasteiger partial charge in [-0.1, -0.05) is 12.8 Å². The van der Waals surface area contributed by atoms with Gasteiger partial charge in [0.2, 0.25) is 0 Å². The lowest BCUT2D eigenvalue weighted by atomic mass is 9.56. The number of rotatable bonds is 5. The molecule has 0 saturated heterocycles. The van der Waals surface area contributed by atoms with Gasteiger partial charge in [0.25, 0.3) is 0 Å². The number of hydrogen-bond donors (Lipinski definition) is 4. The van der Waals surface area contributed by atoms with Crippen LogP contribution in [0.15, 0.2) is 0 Å². The summed E-state index contributed by atoms with van der Waals surface area (Å²) in [7, 11) is 0. The molecule has 122 valence electrons. The molecule has 0 radical (unpaired) electrons. The standard InChI is InChI=1S/C14H18O8/c15-9(16)8-5-6-13(10(17)18,7-3-1-2-4-7)14(8,11(19)20)12(21)22/h7-8H,1-6H2,(H,15,16)(H,17,18)(H,19,20)(H,21,22). The molecule has 8 nitrogen and oxygen atoms in total. The average Bonchev–Trinajstić information content (AvgIpc) is 3.04. The summed E-state index contributed by atoms with van der Waals surface area (Å²) in [5, 5.41) is 38.2. The third kappa shape index (κ3) is 1.75. The second-order valence-corrected chi connectivity index (χ2v) is 6.11. The van der Waals surface area contributed by atoms with Gasteiger partial charge in [-0.2, -0.15) is 0 Å². The second-order valence-electron chi connectivity index (χ2n) is 6.11. The minimum Gasteiger partial charge on any atom is -0.481 e. The molecule has 2 unspecified atom stereocenters. The summed E-state index contributed by atoms with van der Waals surface area (Å²) < 4.78 is 0. The zero-order chi connectivity index (χ0) is 16.7. The van der Waals surface area contributed by atoms with Gasteiger partial charge in [0.05, 0.1) is 11.3 Å². The first kappa shape index (κ1) is 16.3. The number of aliphatic carboxylic acids is 4. The summed E-state index contributed by atoms with van der Waals surface area (Å²) in [5.74, 6) is -9.24. The summed E-state index contributed by atoms with van der Waals surface area (Å²) in [6, 6.07) is 0. The van der Waals surface area contributed by atoms with Crippen LogP contribution >= 0.6 is 0 Å². The van der Waals surface area contributed by atoms with E-state index in [0.717, 1.165) is 0 Å². The van der Waals surface area contributed by atoms with Gasteiger partial charge < -0.3 is 20.4 Å². The molecule has 22 heavy (non-hydrogen) atoms. The molecule has 8 heteroatoms. The maximum atomic E-state index is 12.0. The van der Waals surface area contributed by atoms with E-state index >= 15 is 0 Å². The van der Waals surface area contributed by atoms with Crippen LogP contribution in [0.2, 0.25) is 0 Å². The maximum Gasteiger partial charge on any atom is 0.323 e. The number of carboxylic acids is 4. The van der Waals surface area contributed by atoms with E-state index in [4.69, 9.17) is 0 Å². The number of carbonyl (C=O) groups is 4. The Balaban J connectivity index is 2.75. The van der Waals surface area contributed by atoms with Crippen LogP contribution in [0.25, 0.3) is 0 Å². The van der Waals surface area contributed by atoms with Crippen molar-refractivity contribution < 1.29 is 39.6 Å². The van der Waals surface area contributed by atoms with Gasteiger partial charge in [0.15, 0.2) is 5.41 Å². The molecule has 0 aromatic heterocycles. The van der Waals surface area contributed by atoms with Crippen molar-refractivity contribution in [3.05, 3.63) is 0 Å². The molecule has 2 atom stereocenters. The molecule has 0 aromatic rings. The van der Waals surface area contributed by atoms with Crippen molar-refractivity contribution >= 4 is 23.9 Å². The van der Waals surface area contributed by atoms with Crippen molar-refractivity contribution in [3.63, 3.8) is 0 Å². The van der Waals surface area contributed by atoms with Gasteiger partial charge in [-0.25, -0.2) is 0 Å². The molecular weight excluding hydrogens is 296 g/mol. The third-order valence-electron chi connectivity index (χ3n) is 5.46. The lowest BCUT2D eigenvalue weighted by Gasteiger charge is -2.42. The van der Waals surface area contributed by atoms with Crippen LogP contribution in [0.1, 0.15) is 38.5 Å². The minimum atomic E-state index is -2.83. The highest BCUT2D eigenvalue weighted by atomic mass is 16.4. The van der Waals surface area contributed by atoms with E-state index in [1.54, 1.807) is 0 Å². The molecular formula is C14H18O8. The van der Waals surface area contributed by atoms with Gasteiger partial charge in [-0.3, -0.25) is 19.2 Å². The van der Waals surface area contributed by atoms with Crippen molar-refractivity contribution in [3.8, 4) is 0 Å². The minimum absolute atomic E-state index is 0.247. The van der Waals surface area contributed by atoms with Crippen molar-refractivity contribution in [1.82, 2.24) is 0 Å². The Morgan fingerprint density at radius 1 is 0.773 bits per heavy atom. The monoisotopic (exact) mass is 314 g/mol. The van der Waals surface area contributed by atoms with Crippen LogP contribution in [-0.2, 0) is 19.2 Å². The molecule has 0 spiro atoms. The fourth-order valence-electron chi connectivity index (χ4n) is 4.57. The summed E-state index contributed by atoms with van der Waals surface area (Å²) in [6.07, 6.45) is 1.67. The molecule has 2 rings (SSSR count). The predicted octanol–water partition coefficient (Wildman–Crippen LogP) is 0.898. The Morgan fingerprint density at radius 2 is 1.27 bits per heavy atom. The topological polar surface area (TPSA) is 149 Å². The molecule has 4 N–H and O–H groups in total. The first-order valence-corrected chi connectivity index (χ1v) is 7.16. The number of carboxylic acid groups (broad SMARTS) is 4. The zero-order valence-electron chi connectivity index (χ0n) is 11.8. The normalized spacial score (nSPS) is 31.0. The van der Waals surface area contributed by atoms with Crippen LogP contribution in [0, 0.1) is 22.7 Å². The summed E-state index contributed by atoms with van der Waals surface area (Å²) >= 11 is 0. The van der Waals surface area contributed by atoms with E-state index in [0.29, 0.717) is 25.7 Å². The molecule has 0 aromatic carbocycles. The molecule has 0 heterocycles. The van der Waals surface area contributed by atoms with Gasteiger partial charge in [-0.05, 0) is 31.6 Å². The molecule has 0 bridgehead atoms. The molecule has 2 saturated carbocycles. The quantitative estimate of drug-likeness (QED) is 0.547. The van der Waals surface area contributed by atoms with Crippen molar-refractivity contribution in [2.75, 3.05) is 0 Å². The second kappa shape index (κ2) is 5.26. The SMILES string of the molecule is O=C(O)C1CCC(C(=O)O)(C2CCCC2)C1(C(=O)O)C(=O)O. The van der Waals surface area contributed by atoms with Gasteiger partial charge in [-0.15, -0.1) is 0 Å². The van der Waals surface area contributed by atoms with Crippen molar-refractivity contribution in [1.29, 1.82) is 0 Å². The van der Waals surface area contributed by atoms with Crippen molar-refractivity contribution in [2.45, 2.75) is 38.5 Å². The summed E-state index contributed by atoms with van der Waals surface area (Å²) in [4.78, 5) is 47.1. The van der Waals surface area contributed by atoms with E-state index in [1.807, 2.05) is 0 Å². The van der Waals surface area contributed by atoms with E-state index in [9.17, 15) is 39.6 Å². The molecule has 2 fully saturated rings. The summed E-state index contributed by atoms with van der Waals surface area (Å²) in [6.45, 7) is 0. The fraction of sp³-hybridized carbons (Fsp3) is 0.714. The molecule has 2 aliphatic carbocycles.